The van der Waals surface area contributed by atoms with E-state index in [1.807, 2.05) is 29.7 Å². The molecule has 2 heterocycles. The fourth-order valence-electron chi connectivity index (χ4n) is 1.65. The first-order valence-corrected chi connectivity index (χ1v) is 5.69. The highest BCUT2D eigenvalue weighted by Crippen LogP contribution is 2.27. The minimum absolute atomic E-state index is 0.562. The van der Waals surface area contributed by atoms with Crippen molar-refractivity contribution in [2.45, 2.75) is 6.04 Å². The lowest BCUT2D eigenvalue weighted by Gasteiger charge is -2.31. The third-order valence-electron chi connectivity index (χ3n) is 2.51. The van der Waals surface area contributed by atoms with Crippen molar-refractivity contribution in [1.82, 2.24) is 14.7 Å². The highest BCUT2D eigenvalue weighted by molar-refractivity contribution is 7.99. The molecule has 72 valence electrons. The van der Waals surface area contributed by atoms with Crippen molar-refractivity contribution >= 4 is 11.8 Å². The van der Waals surface area contributed by atoms with Gasteiger partial charge in [0.25, 0.3) is 0 Å². The van der Waals surface area contributed by atoms with Crippen LogP contribution in [0.15, 0.2) is 12.4 Å². The van der Waals surface area contributed by atoms with Crippen molar-refractivity contribution in [3.63, 3.8) is 0 Å². The number of aromatic nitrogens is 2. The molecular formula is C9H15N3S. The van der Waals surface area contributed by atoms with Crippen LogP contribution < -0.4 is 0 Å². The van der Waals surface area contributed by atoms with Crippen LogP contribution in [-0.2, 0) is 7.05 Å². The van der Waals surface area contributed by atoms with Crippen LogP contribution in [0.5, 0.6) is 0 Å². The molecule has 0 aromatic carbocycles. The van der Waals surface area contributed by atoms with E-state index < -0.39 is 0 Å². The van der Waals surface area contributed by atoms with Gasteiger partial charge in [0.1, 0.15) is 0 Å². The molecule has 0 spiro atoms. The van der Waals surface area contributed by atoms with Gasteiger partial charge in [0, 0.05) is 42.9 Å². The van der Waals surface area contributed by atoms with Gasteiger partial charge in [-0.15, -0.1) is 0 Å². The summed E-state index contributed by atoms with van der Waals surface area (Å²) < 4.78 is 1.88. The zero-order valence-corrected chi connectivity index (χ0v) is 8.92. The Balaban J connectivity index is 2.14. The summed E-state index contributed by atoms with van der Waals surface area (Å²) in [4.78, 5) is 2.41. The molecule has 0 radical (unpaired) electrons. The molecule has 1 aromatic heterocycles. The van der Waals surface area contributed by atoms with Gasteiger partial charge in [-0.3, -0.25) is 9.58 Å². The molecule has 1 aromatic rings. The summed E-state index contributed by atoms with van der Waals surface area (Å²) in [5, 5.41) is 4.21. The topological polar surface area (TPSA) is 21.1 Å². The number of hydrogen-bond donors (Lipinski definition) is 0. The van der Waals surface area contributed by atoms with Crippen LogP contribution in [0, 0.1) is 0 Å². The van der Waals surface area contributed by atoms with Crippen molar-refractivity contribution < 1.29 is 0 Å². The summed E-state index contributed by atoms with van der Waals surface area (Å²) in [6.07, 6.45) is 4.10. The van der Waals surface area contributed by atoms with Crippen molar-refractivity contribution in [3.05, 3.63) is 18.0 Å². The van der Waals surface area contributed by atoms with Gasteiger partial charge in [0.2, 0.25) is 0 Å². The fraction of sp³-hybridized carbons (Fsp3) is 0.667. The second-order valence-electron chi connectivity index (χ2n) is 3.52. The van der Waals surface area contributed by atoms with Gasteiger partial charge >= 0.3 is 0 Å². The molecule has 4 heteroatoms. The Morgan fingerprint density at radius 3 is 3.00 bits per heavy atom. The molecule has 1 aliphatic heterocycles. The predicted octanol–water partition coefficient (Wildman–Crippen LogP) is 1.14. The van der Waals surface area contributed by atoms with E-state index in [4.69, 9.17) is 0 Å². The molecule has 1 aliphatic rings. The number of aryl methyl sites for hydroxylation is 1. The highest BCUT2D eigenvalue weighted by atomic mass is 32.2. The zero-order valence-electron chi connectivity index (χ0n) is 8.10. The van der Waals surface area contributed by atoms with Gasteiger partial charge in [-0.1, -0.05) is 0 Å². The molecule has 1 fully saturated rings. The van der Waals surface area contributed by atoms with Gasteiger partial charge in [-0.25, -0.2) is 0 Å². The highest BCUT2D eigenvalue weighted by Gasteiger charge is 2.21. The Morgan fingerprint density at radius 1 is 1.54 bits per heavy atom. The van der Waals surface area contributed by atoms with E-state index >= 15 is 0 Å². The zero-order chi connectivity index (χ0) is 9.26. The Hall–Kier alpha value is -0.480. The van der Waals surface area contributed by atoms with Crippen LogP contribution in [0.4, 0.5) is 0 Å². The van der Waals surface area contributed by atoms with Crippen LogP contribution in [0.2, 0.25) is 0 Å². The van der Waals surface area contributed by atoms with Gasteiger partial charge in [0.05, 0.1) is 6.20 Å². The maximum atomic E-state index is 4.21. The van der Waals surface area contributed by atoms with E-state index in [2.05, 4.69) is 23.2 Å². The monoisotopic (exact) mass is 197 g/mol. The quantitative estimate of drug-likeness (QED) is 0.673. The first-order chi connectivity index (χ1) is 6.27. The summed E-state index contributed by atoms with van der Waals surface area (Å²) in [5.74, 6) is 2.45. The summed E-state index contributed by atoms with van der Waals surface area (Å²) in [7, 11) is 4.16. The van der Waals surface area contributed by atoms with Crippen molar-refractivity contribution in [2.75, 3.05) is 25.1 Å². The maximum absolute atomic E-state index is 4.21. The Bertz CT molecular complexity index is 284. The SMILES string of the molecule is CN1CCSCC1c1cnn(C)c1. The third-order valence-corrected chi connectivity index (χ3v) is 3.53. The van der Waals surface area contributed by atoms with E-state index in [-0.39, 0.29) is 0 Å². The van der Waals surface area contributed by atoms with Crippen molar-refractivity contribution in [2.24, 2.45) is 7.05 Å². The first kappa shape index (κ1) is 9.09. The number of hydrogen-bond acceptors (Lipinski definition) is 3. The smallest absolute Gasteiger partial charge is 0.0537 e. The van der Waals surface area contributed by atoms with E-state index in [0.29, 0.717) is 6.04 Å². The van der Waals surface area contributed by atoms with Gasteiger partial charge in [-0.05, 0) is 7.05 Å². The molecule has 13 heavy (non-hydrogen) atoms. The number of thioether (sulfide) groups is 1. The van der Waals surface area contributed by atoms with E-state index in [9.17, 15) is 0 Å². The van der Waals surface area contributed by atoms with Crippen molar-refractivity contribution in [1.29, 1.82) is 0 Å². The molecule has 3 nitrogen and oxygen atoms in total. The lowest BCUT2D eigenvalue weighted by molar-refractivity contribution is 0.274. The Kier molecular flexibility index (Phi) is 2.60. The lowest BCUT2D eigenvalue weighted by Crippen LogP contribution is -2.32. The molecular weight excluding hydrogens is 182 g/mol. The minimum Gasteiger partial charge on any atom is -0.298 e. The van der Waals surface area contributed by atoms with Crippen LogP contribution >= 0.6 is 11.8 Å². The second-order valence-corrected chi connectivity index (χ2v) is 4.67. The van der Waals surface area contributed by atoms with Crippen molar-refractivity contribution in [3.8, 4) is 0 Å². The number of nitrogens with zero attached hydrogens (tertiary/aromatic N) is 3. The maximum Gasteiger partial charge on any atom is 0.0537 e. The summed E-state index contributed by atoms with van der Waals surface area (Å²) >= 11 is 2.03. The Labute approximate surface area is 83.1 Å². The van der Waals surface area contributed by atoms with Gasteiger partial charge in [-0.2, -0.15) is 16.9 Å². The normalized spacial score (nSPS) is 24.9. The molecule has 0 N–H and O–H groups in total. The molecule has 0 aliphatic carbocycles. The summed E-state index contributed by atoms with van der Waals surface area (Å²) in [5.41, 5.74) is 1.34. The lowest BCUT2D eigenvalue weighted by atomic mass is 10.1. The first-order valence-electron chi connectivity index (χ1n) is 4.54. The standard InChI is InChI=1S/C9H15N3S/c1-11-3-4-13-7-9(11)8-5-10-12(2)6-8/h5-6,9H,3-4,7H2,1-2H3. The number of rotatable bonds is 1. The molecule has 2 rings (SSSR count). The van der Waals surface area contributed by atoms with Gasteiger partial charge < -0.3 is 0 Å². The summed E-state index contributed by atoms with van der Waals surface area (Å²) in [6, 6.07) is 0.562. The van der Waals surface area contributed by atoms with Crippen LogP contribution in [0.25, 0.3) is 0 Å². The van der Waals surface area contributed by atoms with E-state index in [1.165, 1.54) is 23.6 Å². The van der Waals surface area contributed by atoms with Crippen LogP contribution in [0.3, 0.4) is 0 Å². The second kappa shape index (κ2) is 3.72. The average molecular weight is 197 g/mol. The fourth-order valence-corrected chi connectivity index (χ4v) is 2.90. The Morgan fingerprint density at radius 2 is 2.38 bits per heavy atom. The average Bonchev–Trinajstić information content (AvgIpc) is 2.53. The van der Waals surface area contributed by atoms with Gasteiger partial charge in [0.15, 0.2) is 0 Å². The third kappa shape index (κ3) is 1.89. The molecule has 0 amide bonds. The molecule has 1 saturated heterocycles. The molecule has 0 saturated carbocycles. The van der Waals surface area contributed by atoms with E-state index in [1.54, 1.807) is 0 Å². The van der Waals surface area contributed by atoms with Crippen LogP contribution in [0.1, 0.15) is 11.6 Å². The summed E-state index contributed by atoms with van der Waals surface area (Å²) in [6.45, 7) is 1.18. The molecule has 1 unspecified atom stereocenters. The molecule has 1 atom stereocenters. The molecule has 0 bridgehead atoms. The largest absolute Gasteiger partial charge is 0.298 e. The van der Waals surface area contributed by atoms with E-state index in [0.717, 1.165) is 0 Å². The minimum atomic E-state index is 0.562. The van der Waals surface area contributed by atoms with Crippen LogP contribution in [-0.4, -0.2) is 39.8 Å². The predicted molar refractivity (Wildman–Crippen MR) is 55.9 cm³/mol.